The highest BCUT2D eigenvalue weighted by molar-refractivity contribution is 5.84. The lowest BCUT2D eigenvalue weighted by atomic mass is 9.97. The fourth-order valence-corrected chi connectivity index (χ4v) is 2.20. The number of nitrogens with one attached hydrogen (secondary N) is 1. The molecule has 1 rings (SSSR count). The van der Waals surface area contributed by atoms with Crippen LogP contribution in [0.25, 0.3) is 0 Å². The molecule has 0 saturated carbocycles. The fraction of sp³-hybridized carbons (Fsp3) is 0.588. The molecule has 0 aliphatic heterocycles. The van der Waals surface area contributed by atoms with Crippen LogP contribution in [-0.2, 0) is 4.79 Å². The molecule has 0 saturated heterocycles. The lowest BCUT2D eigenvalue weighted by Crippen LogP contribution is -2.54. The Labute approximate surface area is 128 Å². The minimum Gasteiger partial charge on any atom is -0.493 e. The molecule has 0 spiro atoms. The van der Waals surface area contributed by atoms with Crippen LogP contribution in [0.2, 0.25) is 0 Å². The highest BCUT2D eigenvalue weighted by Crippen LogP contribution is 2.26. The van der Waals surface area contributed by atoms with Gasteiger partial charge in [0.05, 0.1) is 12.1 Å². The van der Waals surface area contributed by atoms with Crippen molar-refractivity contribution in [2.24, 2.45) is 5.73 Å². The summed E-state index contributed by atoms with van der Waals surface area (Å²) in [6.07, 6.45) is 1.51. The number of hydrogen-bond acceptors (Lipinski definition) is 3. The molecule has 3 N–H and O–H groups in total. The van der Waals surface area contributed by atoms with Gasteiger partial charge >= 0.3 is 0 Å². The summed E-state index contributed by atoms with van der Waals surface area (Å²) in [5, 5.41) is 3.22. The summed E-state index contributed by atoms with van der Waals surface area (Å²) in [6, 6.07) is 4.15. The smallest absolute Gasteiger partial charge is 0.237 e. The van der Waals surface area contributed by atoms with Gasteiger partial charge in [-0.3, -0.25) is 4.79 Å². The summed E-state index contributed by atoms with van der Waals surface area (Å²) < 4.78 is 5.93. The quantitative estimate of drug-likeness (QED) is 0.774. The summed E-state index contributed by atoms with van der Waals surface area (Å²) >= 11 is 0. The van der Waals surface area contributed by atoms with E-state index in [2.05, 4.69) is 38.2 Å². The van der Waals surface area contributed by atoms with Crippen LogP contribution in [0.1, 0.15) is 43.4 Å². The Morgan fingerprint density at radius 3 is 2.48 bits per heavy atom. The fourth-order valence-electron chi connectivity index (χ4n) is 2.20. The van der Waals surface area contributed by atoms with Crippen molar-refractivity contribution in [3.05, 3.63) is 28.8 Å². The molecule has 0 fully saturated rings. The maximum absolute atomic E-state index is 11.7. The monoisotopic (exact) mass is 292 g/mol. The molecule has 0 aliphatic rings. The van der Waals surface area contributed by atoms with Gasteiger partial charge in [0, 0.05) is 6.42 Å². The maximum atomic E-state index is 11.7. The van der Waals surface area contributed by atoms with Crippen LogP contribution in [0.4, 0.5) is 0 Å². The second kappa shape index (κ2) is 7.46. The SMILES string of the molecule is CCCNC(C)(CCOc1c(C)ccc(C)c1C)C(N)=O. The number of rotatable bonds is 8. The van der Waals surface area contributed by atoms with Crippen LogP contribution in [0.5, 0.6) is 5.75 Å². The van der Waals surface area contributed by atoms with Crippen molar-refractivity contribution in [2.75, 3.05) is 13.2 Å². The minimum atomic E-state index is -0.721. The summed E-state index contributed by atoms with van der Waals surface area (Å²) in [7, 11) is 0. The number of aryl methyl sites for hydroxylation is 2. The Morgan fingerprint density at radius 2 is 1.90 bits per heavy atom. The zero-order chi connectivity index (χ0) is 16.0. The van der Waals surface area contributed by atoms with E-state index in [-0.39, 0.29) is 5.91 Å². The van der Waals surface area contributed by atoms with E-state index in [1.54, 1.807) is 0 Å². The van der Waals surface area contributed by atoms with E-state index >= 15 is 0 Å². The lowest BCUT2D eigenvalue weighted by molar-refractivity contribution is -0.124. The van der Waals surface area contributed by atoms with Crippen molar-refractivity contribution in [2.45, 2.75) is 53.0 Å². The van der Waals surface area contributed by atoms with Gasteiger partial charge in [0.25, 0.3) is 0 Å². The molecule has 0 heterocycles. The molecule has 1 unspecified atom stereocenters. The topological polar surface area (TPSA) is 64.3 Å². The molecule has 1 aromatic rings. The number of carbonyl (C=O) groups is 1. The average Bonchev–Trinajstić information content (AvgIpc) is 2.44. The van der Waals surface area contributed by atoms with Crippen molar-refractivity contribution in [3.63, 3.8) is 0 Å². The van der Waals surface area contributed by atoms with E-state index in [4.69, 9.17) is 10.5 Å². The van der Waals surface area contributed by atoms with Crippen LogP contribution in [-0.4, -0.2) is 24.6 Å². The minimum absolute atomic E-state index is 0.336. The van der Waals surface area contributed by atoms with E-state index < -0.39 is 5.54 Å². The molecule has 0 aromatic heterocycles. The first-order chi connectivity index (χ1) is 9.81. The van der Waals surface area contributed by atoms with E-state index in [9.17, 15) is 4.79 Å². The van der Waals surface area contributed by atoms with Gasteiger partial charge in [0.2, 0.25) is 5.91 Å². The normalized spacial score (nSPS) is 13.8. The Morgan fingerprint density at radius 1 is 1.29 bits per heavy atom. The Kier molecular flexibility index (Phi) is 6.21. The summed E-state index contributed by atoms with van der Waals surface area (Å²) in [5.41, 5.74) is 8.27. The number of primary amides is 1. The van der Waals surface area contributed by atoms with Gasteiger partial charge in [-0.15, -0.1) is 0 Å². The molecule has 1 amide bonds. The number of carbonyl (C=O) groups excluding carboxylic acids is 1. The zero-order valence-corrected chi connectivity index (χ0v) is 13.9. The van der Waals surface area contributed by atoms with Gasteiger partial charge < -0.3 is 15.8 Å². The highest BCUT2D eigenvalue weighted by Gasteiger charge is 2.30. The van der Waals surface area contributed by atoms with Crippen molar-refractivity contribution in [3.8, 4) is 5.75 Å². The molecule has 0 aliphatic carbocycles. The third-order valence-electron chi connectivity index (χ3n) is 4.03. The highest BCUT2D eigenvalue weighted by atomic mass is 16.5. The second-order valence-corrected chi connectivity index (χ2v) is 5.88. The van der Waals surface area contributed by atoms with Gasteiger partial charge in [-0.1, -0.05) is 19.1 Å². The summed E-state index contributed by atoms with van der Waals surface area (Å²) in [4.78, 5) is 11.7. The first-order valence-electron chi connectivity index (χ1n) is 7.56. The summed E-state index contributed by atoms with van der Waals surface area (Å²) in [6.45, 7) is 11.3. The zero-order valence-electron chi connectivity index (χ0n) is 13.9. The lowest BCUT2D eigenvalue weighted by Gasteiger charge is -2.27. The number of hydrogen-bond donors (Lipinski definition) is 2. The van der Waals surface area contributed by atoms with Gasteiger partial charge in [0.15, 0.2) is 0 Å². The molecule has 118 valence electrons. The first kappa shape index (κ1) is 17.5. The van der Waals surface area contributed by atoms with Crippen LogP contribution in [0, 0.1) is 20.8 Å². The predicted octanol–water partition coefficient (Wildman–Crippen LogP) is 2.62. The molecular formula is C17H28N2O2. The second-order valence-electron chi connectivity index (χ2n) is 5.88. The van der Waals surface area contributed by atoms with Crippen LogP contribution >= 0.6 is 0 Å². The summed E-state index contributed by atoms with van der Waals surface area (Å²) in [5.74, 6) is 0.578. The molecule has 0 radical (unpaired) electrons. The van der Waals surface area contributed by atoms with Crippen molar-refractivity contribution in [1.82, 2.24) is 5.32 Å². The van der Waals surface area contributed by atoms with Crippen molar-refractivity contribution in [1.29, 1.82) is 0 Å². The average molecular weight is 292 g/mol. The van der Waals surface area contributed by atoms with E-state index in [1.807, 2.05) is 13.8 Å². The van der Waals surface area contributed by atoms with Crippen LogP contribution in [0.3, 0.4) is 0 Å². The van der Waals surface area contributed by atoms with E-state index in [0.717, 1.165) is 29.8 Å². The van der Waals surface area contributed by atoms with Crippen LogP contribution in [0.15, 0.2) is 12.1 Å². The van der Waals surface area contributed by atoms with E-state index in [0.29, 0.717) is 13.0 Å². The van der Waals surface area contributed by atoms with E-state index in [1.165, 1.54) is 5.56 Å². The Bertz CT molecular complexity index is 500. The number of nitrogens with two attached hydrogens (primary N) is 1. The molecule has 0 bridgehead atoms. The largest absolute Gasteiger partial charge is 0.493 e. The first-order valence-corrected chi connectivity index (χ1v) is 7.56. The van der Waals surface area contributed by atoms with Crippen LogP contribution < -0.4 is 15.8 Å². The molecular weight excluding hydrogens is 264 g/mol. The van der Waals surface area contributed by atoms with Crippen molar-refractivity contribution < 1.29 is 9.53 Å². The Hall–Kier alpha value is -1.55. The number of ether oxygens (including phenoxy) is 1. The third-order valence-corrected chi connectivity index (χ3v) is 4.03. The van der Waals surface area contributed by atoms with Crippen molar-refractivity contribution >= 4 is 5.91 Å². The van der Waals surface area contributed by atoms with Gasteiger partial charge in [-0.25, -0.2) is 0 Å². The maximum Gasteiger partial charge on any atom is 0.237 e. The van der Waals surface area contributed by atoms with Gasteiger partial charge in [-0.05, 0) is 57.4 Å². The Balaban J connectivity index is 2.71. The van der Waals surface area contributed by atoms with Gasteiger partial charge in [0.1, 0.15) is 5.75 Å². The third kappa shape index (κ3) is 4.46. The standard InChI is InChI=1S/C17H28N2O2/c1-6-10-19-17(5,16(18)20)9-11-21-15-13(3)8-7-12(2)14(15)4/h7-8,19H,6,9-11H2,1-5H3,(H2,18,20). The molecule has 4 heteroatoms. The number of benzene rings is 1. The molecule has 1 aromatic carbocycles. The predicted molar refractivity (Wildman–Crippen MR) is 86.7 cm³/mol. The van der Waals surface area contributed by atoms with Gasteiger partial charge in [-0.2, -0.15) is 0 Å². The molecule has 4 nitrogen and oxygen atoms in total. The number of amides is 1. The molecule has 1 atom stereocenters. The molecule has 21 heavy (non-hydrogen) atoms.